The van der Waals surface area contributed by atoms with Crippen molar-refractivity contribution in [2.75, 3.05) is 24.3 Å². The highest BCUT2D eigenvalue weighted by atomic mass is 35.5. The van der Waals surface area contributed by atoms with Gasteiger partial charge >= 0.3 is 5.97 Å². The molecular weight excluding hydrogens is 427 g/mol. The summed E-state index contributed by atoms with van der Waals surface area (Å²) in [5.41, 5.74) is -1.19. The van der Waals surface area contributed by atoms with E-state index in [0.717, 1.165) is 5.56 Å². The maximum atomic E-state index is 15.0. The molecule has 162 valence electrons. The van der Waals surface area contributed by atoms with Crippen molar-refractivity contribution in [2.45, 2.75) is 25.9 Å². The fourth-order valence-electron chi connectivity index (χ4n) is 3.78. The Morgan fingerprint density at radius 3 is 2.68 bits per heavy atom. The van der Waals surface area contributed by atoms with E-state index in [9.17, 15) is 14.7 Å². The minimum atomic E-state index is -1.41. The van der Waals surface area contributed by atoms with Gasteiger partial charge in [-0.15, -0.1) is 0 Å². The Labute approximate surface area is 181 Å². The molecule has 3 heterocycles. The van der Waals surface area contributed by atoms with Crippen LogP contribution in [0.2, 0.25) is 5.15 Å². The van der Waals surface area contributed by atoms with Crippen LogP contribution in [0.15, 0.2) is 29.1 Å². The molecule has 0 fully saturated rings. The van der Waals surface area contributed by atoms with Crippen molar-refractivity contribution in [2.24, 2.45) is 0 Å². The first-order chi connectivity index (χ1) is 14.7. The molecule has 1 aliphatic heterocycles. The van der Waals surface area contributed by atoms with Crippen molar-refractivity contribution < 1.29 is 19.0 Å². The lowest BCUT2D eigenvalue weighted by molar-refractivity contribution is 0.0696. The number of halogens is 2. The number of anilines is 2. The summed E-state index contributed by atoms with van der Waals surface area (Å²) in [6.45, 7) is 4.25. The van der Waals surface area contributed by atoms with Crippen molar-refractivity contribution >= 4 is 40.1 Å². The third-order valence-electron chi connectivity index (χ3n) is 5.34. The summed E-state index contributed by atoms with van der Waals surface area (Å²) in [5.74, 6) is -1.52. The number of carbonyl (C=O) groups is 1. The number of methoxy groups -OCH3 is 1. The fraction of sp³-hybridized carbons (Fsp3) is 0.286. The van der Waals surface area contributed by atoms with E-state index in [1.165, 1.54) is 0 Å². The van der Waals surface area contributed by atoms with Gasteiger partial charge in [-0.05, 0) is 31.5 Å². The smallest absolute Gasteiger partial charge is 0.343 e. The zero-order valence-corrected chi connectivity index (χ0v) is 17.8. The zero-order chi connectivity index (χ0) is 22.5. The van der Waals surface area contributed by atoms with Crippen molar-refractivity contribution in [3.63, 3.8) is 0 Å². The molecular formula is C21H20ClFN4O4. The van der Waals surface area contributed by atoms with Crippen LogP contribution >= 0.6 is 11.6 Å². The van der Waals surface area contributed by atoms with E-state index in [2.05, 4.69) is 15.6 Å². The van der Waals surface area contributed by atoms with Crippen molar-refractivity contribution in [1.82, 2.24) is 9.55 Å². The summed E-state index contributed by atoms with van der Waals surface area (Å²) < 4.78 is 21.7. The van der Waals surface area contributed by atoms with Gasteiger partial charge in [-0.3, -0.25) is 4.79 Å². The van der Waals surface area contributed by atoms with Crippen LogP contribution in [-0.2, 0) is 12.1 Å². The summed E-state index contributed by atoms with van der Waals surface area (Å²) in [6.07, 6.45) is 0. The number of ether oxygens (including phenoxy) is 1. The van der Waals surface area contributed by atoms with E-state index in [4.69, 9.17) is 16.3 Å². The van der Waals surface area contributed by atoms with Gasteiger partial charge in [0.15, 0.2) is 11.0 Å². The molecule has 0 radical (unpaired) electrons. The maximum Gasteiger partial charge on any atom is 0.343 e. The second-order valence-corrected chi connectivity index (χ2v) is 8.21. The van der Waals surface area contributed by atoms with Gasteiger partial charge in [0.05, 0.1) is 23.7 Å². The Morgan fingerprint density at radius 2 is 2.06 bits per heavy atom. The molecule has 0 saturated carbocycles. The molecule has 3 aromatic rings. The van der Waals surface area contributed by atoms with Crippen LogP contribution < -0.4 is 20.8 Å². The number of aromatic carboxylic acids is 1. The maximum absolute atomic E-state index is 15.0. The third kappa shape index (κ3) is 3.34. The first-order valence-corrected chi connectivity index (χ1v) is 9.85. The standard InChI is InChI=1S/C21H20ClFN4O4/c1-21(2)9-25-18-13(20(29)30)16(28)12-15(14(23)17(22)26-19(12)27(18)21)24-8-10-4-6-11(31-3)7-5-10/h4-7,25H,8-9H2,1-3H3,(H,24,26)(H,29,30). The molecule has 0 aliphatic carbocycles. The van der Waals surface area contributed by atoms with Gasteiger partial charge in [0.25, 0.3) is 0 Å². The molecule has 0 bridgehead atoms. The van der Waals surface area contributed by atoms with Crippen LogP contribution in [0.25, 0.3) is 11.0 Å². The lowest BCUT2D eigenvalue weighted by Crippen LogP contribution is -2.29. The highest BCUT2D eigenvalue weighted by molar-refractivity contribution is 6.30. The zero-order valence-electron chi connectivity index (χ0n) is 17.0. The van der Waals surface area contributed by atoms with E-state index in [1.54, 1.807) is 35.9 Å². The number of hydrogen-bond acceptors (Lipinski definition) is 6. The van der Waals surface area contributed by atoms with Crippen molar-refractivity contribution in [3.05, 3.63) is 56.6 Å². The normalized spacial score (nSPS) is 14.2. The average Bonchev–Trinajstić information content (AvgIpc) is 3.03. The molecule has 31 heavy (non-hydrogen) atoms. The average molecular weight is 447 g/mol. The van der Waals surface area contributed by atoms with Gasteiger partial charge < -0.3 is 25.0 Å². The van der Waals surface area contributed by atoms with E-state index in [1.807, 2.05) is 13.8 Å². The highest BCUT2D eigenvalue weighted by Crippen LogP contribution is 2.37. The van der Waals surface area contributed by atoms with Gasteiger partial charge in [0.2, 0.25) is 5.43 Å². The Kier molecular flexibility index (Phi) is 5.01. The highest BCUT2D eigenvalue weighted by Gasteiger charge is 2.37. The minimum absolute atomic E-state index is 0.114. The number of pyridine rings is 2. The predicted molar refractivity (Wildman–Crippen MR) is 116 cm³/mol. The van der Waals surface area contributed by atoms with Gasteiger partial charge in [-0.25, -0.2) is 14.2 Å². The first-order valence-electron chi connectivity index (χ1n) is 9.48. The van der Waals surface area contributed by atoms with Gasteiger partial charge in [-0.1, -0.05) is 23.7 Å². The summed E-state index contributed by atoms with van der Waals surface area (Å²) in [7, 11) is 1.55. The number of nitrogens with zero attached hydrogens (tertiary/aromatic N) is 2. The van der Waals surface area contributed by atoms with Crippen molar-refractivity contribution in [3.8, 4) is 5.75 Å². The molecule has 0 amide bonds. The van der Waals surface area contributed by atoms with E-state index >= 15 is 4.39 Å². The number of aromatic nitrogens is 2. The molecule has 8 nitrogen and oxygen atoms in total. The van der Waals surface area contributed by atoms with Gasteiger partial charge in [0, 0.05) is 13.1 Å². The molecule has 0 spiro atoms. The molecule has 10 heteroatoms. The molecule has 0 atom stereocenters. The molecule has 0 saturated heterocycles. The number of carboxylic acids is 1. The lowest BCUT2D eigenvalue weighted by Gasteiger charge is -2.24. The molecule has 4 rings (SSSR count). The number of rotatable bonds is 5. The van der Waals surface area contributed by atoms with Crippen LogP contribution in [-0.4, -0.2) is 34.3 Å². The number of fused-ring (bicyclic) bond motifs is 3. The van der Waals surface area contributed by atoms with Crippen LogP contribution in [0.4, 0.5) is 15.9 Å². The van der Waals surface area contributed by atoms with Crippen molar-refractivity contribution in [1.29, 1.82) is 0 Å². The van der Waals surface area contributed by atoms with Crippen LogP contribution in [0.5, 0.6) is 5.75 Å². The first kappa shape index (κ1) is 20.9. The Hall–Kier alpha value is -3.33. The Morgan fingerprint density at radius 1 is 1.39 bits per heavy atom. The van der Waals surface area contributed by atoms with Crippen LogP contribution in [0, 0.1) is 5.82 Å². The summed E-state index contributed by atoms with van der Waals surface area (Å²) in [6, 6.07) is 7.08. The summed E-state index contributed by atoms with van der Waals surface area (Å²) in [4.78, 5) is 29.2. The topological polar surface area (TPSA) is 105 Å². The van der Waals surface area contributed by atoms with E-state index < -0.39 is 33.5 Å². The number of benzene rings is 1. The van der Waals surface area contributed by atoms with E-state index in [-0.39, 0.29) is 29.1 Å². The predicted octanol–water partition coefficient (Wildman–Crippen LogP) is 3.67. The largest absolute Gasteiger partial charge is 0.497 e. The molecule has 3 N–H and O–H groups in total. The molecule has 2 aromatic heterocycles. The molecule has 0 unspecified atom stereocenters. The SMILES string of the molecule is COc1ccc(CNc2c(F)c(Cl)nc3c2c(=O)c(C(=O)O)c2n3C(C)(C)CN2)cc1. The summed E-state index contributed by atoms with van der Waals surface area (Å²) >= 11 is 6.07. The third-order valence-corrected chi connectivity index (χ3v) is 5.59. The second kappa shape index (κ2) is 7.42. The van der Waals surface area contributed by atoms with E-state index in [0.29, 0.717) is 12.3 Å². The number of carboxylic acid groups (broad SMARTS) is 1. The van der Waals surface area contributed by atoms with Gasteiger partial charge in [0.1, 0.15) is 22.8 Å². The van der Waals surface area contributed by atoms with Gasteiger partial charge in [-0.2, -0.15) is 0 Å². The lowest BCUT2D eigenvalue weighted by atomic mass is 10.1. The quantitative estimate of drug-likeness (QED) is 0.513. The monoisotopic (exact) mass is 446 g/mol. The summed E-state index contributed by atoms with van der Waals surface area (Å²) in [5, 5.41) is 15.0. The Balaban J connectivity index is 1.95. The second-order valence-electron chi connectivity index (χ2n) is 7.85. The van der Waals surface area contributed by atoms with Crippen LogP contribution in [0.3, 0.4) is 0 Å². The Bertz CT molecular complexity index is 1270. The number of hydrogen-bond donors (Lipinski definition) is 3. The van der Waals surface area contributed by atoms with Crippen LogP contribution in [0.1, 0.15) is 29.8 Å². The number of nitrogens with one attached hydrogen (secondary N) is 2. The molecule has 1 aromatic carbocycles. The molecule has 1 aliphatic rings. The fourth-order valence-corrected chi connectivity index (χ4v) is 3.96. The minimum Gasteiger partial charge on any atom is -0.497 e.